The lowest BCUT2D eigenvalue weighted by Crippen LogP contribution is -2.25. The number of aromatic carboxylic acids is 1. The van der Waals surface area contributed by atoms with Crippen LogP contribution in [-0.4, -0.2) is 33.3 Å². The molecule has 0 atom stereocenters. The van der Waals surface area contributed by atoms with Gasteiger partial charge >= 0.3 is 5.97 Å². The van der Waals surface area contributed by atoms with Crippen molar-refractivity contribution in [3.05, 3.63) is 41.1 Å². The maximum atomic E-state index is 11.7. The first-order valence-corrected chi connectivity index (χ1v) is 6.58. The smallest absolute Gasteiger partial charge is 0.338 e. The third-order valence-electron chi connectivity index (χ3n) is 3.01. The van der Waals surface area contributed by atoms with Crippen molar-refractivity contribution in [1.29, 1.82) is 0 Å². The first-order valence-electron chi connectivity index (χ1n) is 6.58. The Hall–Kier alpha value is -2.57. The van der Waals surface area contributed by atoms with Crippen LogP contribution >= 0.6 is 0 Å². The standard InChI is InChI=1S/C14H17N3O4/c1-9-6-10(2)17(16-9)5-3-4-15-13(18)12-7-11(8-21-12)14(19)20/h6-8H,3-5H2,1-2H3,(H,15,18)(H,19,20). The van der Waals surface area contributed by atoms with Crippen molar-refractivity contribution < 1.29 is 19.1 Å². The number of carbonyl (C=O) groups excluding carboxylic acids is 1. The summed E-state index contributed by atoms with van der Waals surface area (Å²) in [5.74, 6) is -1.54. The fraction of sp³-hybridized carbons (Fsp3) is 0.357. The number of carbonyl (C=O) groups is 2. The molecule has 0 aromatic carbocycles. The first kappa shape index (κ1) is 14.8. The molecule has 21 heavy (non-hydrogen) atoms. The molecule has 0 aliphatic rings. The van der Waals surface area contributed by atoms with Crippen molar-refractivity contribution in [3.63, 3.8) is 0 Å². The molecule has 2 rings (SSSR count). The van der Waals surface area contributed by atoms with E-state index in [9.17, 15) is 9.59 Å². The van der Waals surface area contributed by atoms with E-state index in [2.05, 4.69) is 10.4 Å². The summed E-state index contributed by atoms with van der Waals surface area (Å²) in [6.07, 6.45) is 1.77. The molecule has 0 saturated heterocycles. The molecule has 0 aliphatic heterocycles. The molecule has 0 spiro atoms. The number of hydrogen-bond acceptors (Lipinski definition) is 4. The van der Waals surface area contributed by atoms with Crippen LogP contribution in [0.2, 0.25) is 0 Å². The number of aromatic nitrogens is 2. The van der Waals surface area contributed by atoms with Crippen molar-refractivity contribution in [3.8, 4) is 0 Å². The minimum atomic E-state index is -1.12. The minimum Gasteiger partial charge on any atom is -0.478 e. The molecule has 112 valence electrons. The van der Waals surface area contributed by atoms with Crippen LogP contribution in [0.4, 0.5) is 0 Å². The van der Waals surface area contributed by atoms with E-state index in [1.807, 2.05) is 24.6 Å². The molecule has 0 unspecified atom stereocenters. The molecule has 0 radical (unpaired) electrons. The van der Waals surface area contributed by atoms with Gasteiger partial charge in [-0.3, -0.25) is 9.48 Å². The summed E-state index contributed by atoms with van der Waals surface area (Å²) in [5.41, 5.74) is 2.01. The zero-order valence-electron chi connectivity index (χ0n) is 11.9. The molecule has 7 nitrogen and oxygen atoms in total. The Balaban J connectivity index is 1.79. The second-order valence-electron chi connectivity index (χ2n) is 4.76. The Morgan fingerprint density at radius 1 is 1.38 bits per heavy atom. The average Bonchev–Trinajstić information content (AvgIpc) is 3.02. The van der Waals surface area contributed by atoms with Gasteiger partial charge in [0.05, 0.1) is 11.3 Å². The van der Waals surface area contributed by atoms with Crippen molar-refractivity contribution in [1.82, 2.24) is 15.1 Å². The third kappa shape index (κ3) is 3.71. The fourth-order valence-electron chi connectivity index (χ4n) is 1.99. The summed E-state index contributed by atoms with van der Waals surface area (Å²) in [7, 11) is 0. The molecule has 7 heteroatoms. The van der Waals surface area contributed by atoms with Gasteiger partial charge in [0.1, 0.15) is 6.26 Å². The first-order chi connectivity index (χ1) is 9.97. The van der Waals surface area contributed by atoms with Crippen LogP contribution in [0.3, 0.4) is 0 Å². The van der Waals surface area contributed by atoms with E-state index in [-0.39, 0.29) is 11.3 Å². The predicted octanol–water partition coefficient (Wildman–Crippen LogP) is 1.61. The molecular weight excluding hydrogens is 274 g/mol. The maximum absolute atomic E-state index is 11.7. The second-order valence-corrected chi connectivity index (χ2v) is 4.76. The Labute approximate surface area is 121 Å². The summed E-state index contributed by atoms with van der Waals surface area (Å²) in [6.45, 7) is 5.08. The third-order valence-corrected chi connectivity index (χ3v) is 3.01. The highest BCUT2D eigenvalue weighted by atomic mass is 16.4. The van der Waals surface area contributed by atoms with E-state index in [4.69, 9.17) is 9.52 Å². The molecule has 0 fully saturated rings. The zero-order valence-corrected chi connectivity index (χ0v) is 11.9. The van der Waals surface area contributed by atoms with Gasteiger partial charge in [0, 0.05) is 24.8 Å². The number of amides is 1. The van der Waals surface area contributed by atoms with Gasteiger partial charge in [-0.25, -0.2) is 4.79 Å². The largest absolute Gasteiger partial charge is 0.478 e. The number of nitrogens with one attached hydrogen (secondary N) is 1. The van der Waals surface area contributed by atoms with E-state index in [1.165, 1.54) is 6.07 Å². The van der Waals surface area contributed by atoms with E-state index >= 15 is 0 Å². The summed E-state index contributed by atoms with van der Waals surface area (Å²) >= 11 is 0. The number of carboxylic acids is 1. The quantitative estimate of drug-likeness (QED) is 0.788. The van der Waals surface area contributed by atoms with Crippen molar-refractivity contribution in [2.45, 2.75) is 26.8 Å². The number of aryl methyl sites for hydroxylation is 3. The van der Waals surface area contributed by atoms with Gasteiger partial charge in [-0.2, -0.15) is 5.10 Å². The number of furan rings is 1. The lowest BCUT2D eigenvalue weighted by atomic mass is 10.3. The summed E-state index contributed by atoms with van der Waals surface area (Å²) in [4.78, 5) is 22.4. The highest BCUT2D eigenvalue weighted by Gasteiger charge is 2.14. The second kappa shape index (κ2) is 6.25. The van der Waals surface area contributed by atoms with E-state index in [0.717, 1.165) is 24.1 Å². The van der Waals surface area contributed by atoms with Gasteiger partial charge in [-0.05, 0) is 26.3 Å². The Morgan fingerprint density at radius 3 is 2.71 bits per heavy atom. The van der Waals surface area contributed by atoms with E-state index in [0.29, 0.717) is 13.1 Å². The molecule has 2 heterocycles. The lowest BCUT2D eigenvalue weighted by molar-refractivity contribution is 0.0696. The number of rotatable bonds is 6. The summed E-state index contributed by atoms with van der Waals surface area (Å²) in [6, 6.07) is 3.20. The normalized spacial score (nSPS) is 10.6. The zero-order chi connectivity index (χ0) is 15.4. The van der Waals surface area contributed by atoms with Crippen molar-refractivity contribution in [2.75, 3.05) is 6.54 Å². The topological polar surface area (TPSA) is 97.4 Å². The van der Waals surface area contributed by atoms with Gasteiger partial charge in [-0.15, -0.1) is 0 Å². The van der Waals surface area contributed by atoms with Crippen molar-refractivity contribution in [2.24, 2.45) is 0 Å². The SMILES string of the molecule is Cc1cc(C)n(CCCNC(=O)c2cc(C(=O)O)co2)n1. The minimum absolute atomic E-state index is 0.00138. The molecule has 2 N–H and O–H groups in total. The molecule has 0 saturated carbocycles. The fourth-order valence-corrected chi connectivity index (χ4v) is 1.99. The predicted molar refractivity (Wildman–Crippen MR) is 74.3 cm³/mol. The van der Waals surface area contributed by atoms with Crippen molar-refractivity contribution >= 4 is 11.9 Å². The van der Waals surface area contributed by atoms with E-state index < -0.39 is 11.9 Å². The number of nitrogens with zero attached hydrogens (tertiary/aromatic N) is 2. The monoisotopic (exact) mass is 291 g/mol. The highest BCUT2D eigenvalue weighted by molar-refractivity contribution is 5.95. The summed E-state index contributed by atoms with van der Waals surface area (Å²) in [5, 5.41) is 15.8. The molecule has 2 aromatic heterocycles. The molecule has 2 aromatic rings. The van der Waals surface area contributed by atoms with Crippen LogP contribution in [0.25, 0.3) is 0 Å². The van der Waals surface area contributed by atoms with E-state index in [1.54, 1.807) is 0 Å². The van der Waals surface area contributed by atoms with Crippen LogP contribution in [0, 0.1) is 13.8 Å². The Bertz CT molecular complexity index is 657. The van der Waals surface area contributed by atoms with Crippen LogP contribution in [0.5, 0.6) is 0 Å². The average molecular weight is 291 g/mol. The van der Waals surface area contributed by atoms with Gasteiger partial charge < -0.3 is 14.8 Å². The summed E-state index contributed by atoms with van der Waals surface area (Å²) < 4.78 is 6.80. The number of carboxylic acid groups (broad SMARTS) is 1. The van der Waals surface area contributed by atoms with Gasteiger partial charge in [-0.1, -0.05) is 0 Å². The van der Waals surface area contributed by atoms with Gasteiger partial charge in [0.25, 0.3) is 5.91 Å². The molecule has 0 bridgehead atoms. The van der Waals surface area contributed by atoms with Crippen LogP contribution in [0.1, 0.15) is 38.7 Å². The highest BCUT2D eigenvalue weighted by Crippen LogP contribution is 2.07. The molecule has 1 amide bonds. The van der Waals surface area contributed by atoms with Gasteiger partial charge in [0.15, 0.2) is 5.76 Å². The Morgan fingerprint density at radius 2 is 2.14 bits per heavy atom. The molecular formula is C14H17N3O4. The van der Waals surface area contributed by atoms with Gasteiger partial charge in [0.2, 0.25) is 0 Å². The van der Waals surface area contributed by atoms with Crippen LogP contribution < -0.4 is 5.32 Å². The number of hydrogen-bond donors (Lipinski definition) is 2. The van der Waals surface area contributed by atoms with Crippen LogP contribution in [0.15, 0.2) is 22.8 Å². The molecule has 0 aliphatic carbocycles. The lowest BCUT2D eigenvalue weighted by Gasteiger charge is -2.05. The van der Waals surface area contributed by atoms with Crippen LogP contribution in [-0.2, 0) is 6.54 Å². The Kier molecular flexibility index (Phi) is 4.42. The maximum Gasteiger partial charge on any atom is 0.338 e.